The van der Waals surface area contributed by atoms with Crippen LogP contribution in [0.15, 0.2) is 53.3 Å². The Bertz CT molecular complexity index is 1200. The first kappa shape index (κ1) is 14.7. The Labute approximate surface area is 147 Å². The van der Waals surface area contributed by atoms with Gasteiger partial charge in [0.1, 0.15) is 0 Å². The van der Waals surface area contributed by atoms with E-state index in [-0.39, 0.29) is 5.56 Å². The van der Waals surface area contributed by atoms with E-state index in [0.29, 0.717) is 28.3 Å². The molecule has 7 heteroatoms. The van der Waals surface area contributed by atoms with Gasteiger partial charge >= 0.3 is 5.97 Å². The van der Waals surface area contributed by atoms with Crippen molar-refractivity contribution in [1.82, 2.24) is 19.7 Å². The van der Waals surface area contributed by atoms with E-state index in [0.717, 1.165) is 11.0 Å². The summed E-state index contributed by atoms with van der Waals surface area (Å²) in [5.41, 5.74) is 3.53. The van der Waals surface area contributed by atoms with Gasteiger partial charge in [0.25, 0.3) is 5.56 Å². The van der Waals surface area contributed by atoms with Crippen LogP contribution in [-0.2, 0) is 4.74 Å². The molecule has 4 aromatic rings. The number of aromatic nitrogens is 4. The number of H-pyrrole nitrogens is 2. The van der Waals surface area contributed by atoms with Crippen LogP contribution in [0.25, 0.3) is 17.0 Å². The predicted octanol–water partition coefficient (Wildman–Crippen LogP) is 2.61. The van der Waals surface area contributed by atoms with Crippen LogP contribution >= 0.6 is 0 Å². The number of benzene rings is 2. The molecular formula is C19H14N4O3. The number of hydrogen-bond donors (Lipinski definition) is 2. The molecule has 1 aliphatic rings. The lowest BCUT2D eigenvalue weighted by atomic mass is 10.00. The van der Waals surface area contributed by atoms with Crippen molar-refractivity contribution in [1.29, 1.82) is 0 Å². The molecule has 0 amide bonds. The zero-order valence-corrected chi connectivity index (χ0v) is 13.8. The fourth-order valence-electron chi connectivity index (χ4n) is 3.42. The van der Waals surface area contributed by atoms with Gasteiger partial charge in [0.15, 0.2) is 6.10 Å². The molecule has 0 radical (unpaired) electrons. The second-order valence-electron chi connectivity index (χ2n) is 6.24. The molecule has 0 bridgehead atoms. The Morgan fingerprint density at radius 3 is 2.69 bits per heavy atom. The van der Waals surface area contributed by atoms with Crippen molar-refractivity contribution >= 4 is 17.0 Å². The minimum Gasteiger partial charge on any atom is -0.449 e. The molecule has 0 spiro atoms. The average molecular weight is 346 g/mol. The quantitative estimate of drug-likeness (QED) is 0.546. The molecule has 2 aromatic carbocycles. The van der Waals surface area contributed by atoms with E-state index >= 15 is 0 Å². The summed E-state index contributed by atoms with van der Waals surface area (Å²) in [5, 5.41) is 3.03. The number of fused-ring (bicyclic) bond motifs is 2. The van der Waals surface area contributed by atoms with Crippen molar-refractivity contribution in [3.05, 3.63) is 81.3 Å². The molecule has 0 fully saturated rings. The zero-order valence-electron chi connectivity index (χ0n) is 13.8. The van der Waals surface area contributed by atoms with Crippen LogP contribution in [0.5, 0.6) is 0 Å². The number of nitrogens with one attached hydrogen (secondary N) is 2. The lowest BCUT2D eigenvalue weighted by molar-refractivity contribution is 0.0453. The van der Waals surface area contributed by atoms with Gasteiger partial charge in [-0.05, 0) is 25.1 Å². The molecule has 128 valence electrons. The van der Waals surface area contributed by atoms with Crippen molar-refractivity contribution in [3.8, 4) is 5.95 Å². The monoisotopic (exact) mass is 346 g/mol. The number of para-hydroxylation sites is 2. The predicted molar refractivity (Wildman–Crippen MR) is 94.5 cm³/mol. The first-order valence-corrected chi connectivity index (χ1v) is 8.20. The minimum absolute atomic E-state index is 0.295. The maximum absolute atomic E-state index is 13.1. The molecule has 1 aliphatic heterocycles. The largest absolute Gasteiger partial charge is 0.449 e. The van der Waals surface area contributed by atoms with E-state index in [4.69, 9.17) is 4.74 Å². The Morgan fingerprint density at radius 1 is 1.08 bits per heavy atom. The number of nitrogens with zero attached hydrogens (tertiary/aromatic N) is 2. The van der Waals surface area contributed by atoms with Crippen molar-refractivity contribution in [3.63, 3.8) is 0 Å². The lowest BCUT2D eigenvalue weighted by Gasteiger charge is -2.08. The Kier molecular flexibility index (Phi) is 2.94. The average Bonchev–Trinajstić information content (AvgIpc) is 3.29. The molecule has 2 aromatic heterocycles. The Hall–Kier alpha value is -3.61. The molecule has 26 heavy (non-hydrogen) atoms. The SMILES string of the molecule is Cc1[nH]n(-c2nc3ccccc3[nH]2)c(=O)c1[C@@H]1OC(=O)c2ccccc21. The molecule has 0 saturated carbocycles. The molecule has 3 heterocycles. The third-order valence-corrected chi connectivity index (χ3v) is 4.66. The number of hydrogen-bond acceptors (Lipinski definition) is 4. The summed E-state index contributed by atoms with van der Waals surface area (Å²) >= 11 is 0. The van der Waals surface area contributed by atoms with Crippen molar-refractivity contribution in [2.75, 3.05) is 0 Å². The van der Waals surface area contributed by atoms with Gasteiger partial charge in [0.2, 0.25) is 5.95 Å². The normalized spacial score (nSPS) is 16.0. The number of cyclic esters (lactones) is 1. The molecule has 0 saturated heterocycles. The highest BCUT2D eigenvalue weighted by atomic mass is 16.5. The maximum atomic E-state index is 13.1. The zero-order chi connectivity index (χ0) is 17.8. The number of imidazole rings is 1. The van der Waals surface area contributed by atoms with Gasteiger partial charge in [-0.2, -0.15) is 4.68 Å². The summed E-state index contributed by atoms with van der Waals surface area (Å²) in [6.45, 7) is 1.78. The van der Waals surface area contributed by atoms with Gasteiger partial charge in [-0.15, -0.1) is 0 Å². The minimum atomic E-state index is -0.715. The highest BCUT2D eigenvalue weighted by Crippen LogP contribution is 2.35. The number of rotatable bonds is 2. The van der Waals surface area contributed by atoms with Crippen LogP contribution in [-0.4, -0.2) is 25.7 Å². The van der Waals surface area contributed by atoms with Crippen LogP contribution in [0, 0.1) is 6.92 Å². The van der Waals surface area contributed by atoms with E-state index in [1.54, 1.807) is 19.1 Å². The van der Waals surface area contributed by atoms with E-state index in [1.165, 1.54) is 4.68 Å². The highest BCUT2D eigenvalue weighted by Gasteiger charge is 2.36. The summed E-state index contributed by atoms with van der Waals surface area (Å²) in [6.07, 6.45) is -0.715. The summed E-state index contributed by atoms with van der Waals surface area (Å²) in [5.74, 6) is -0.0240. The molecule has 0 unspecified atom stereocenters. The fourth-order valence-corrected chi connectivity index (χ4v) is 3.42. The fraction of sp³-hybridized carbons (Fsp3) is 0.105. The van der Waals surface area contributed by atoms with E-state index in [2.05, 4.69) is 15.1 Å². The first-order chi connectivity index (χ1) is 12.6. The lowest BCUT2D eigenvalue weighted by Crippen LogP contribution is -2.21. The summed E-state index contributed by atoms with van der Waals surface area (Å²) in [6, 6.07) is 14.7. The molecule has 1 atom stereocenters. The van der Waals surface area contributed by atoms with Crippen molar-refractivity contribution in [2.45, 2.75) is 13.0 Å². The molecule has 0 aliphatic carbocycles. The Balaban J connectivity index is 1.67. The topological polar surface area (TPSA) is 92.8 Å². The summed E-state index contributed by atoms with van der Waals surface area (Å²) < 4.78 is 6.83. The third-order valence-electron chi connectivity index (χ3n) is 4.66. The van der Waals surface area contributed by atoms with Gasteiger partial charge in [0.05, 0.1) is 22.2 Å². The number of aromatic amines is 2. The number of carbonyl (C=O) groups is 1. The second kappa shape index (κ2) is 5.19. The number of esters is 1. The second-order valence-corrected chi connectivity index (χ2v) is 6.24. The summed E-state index contributed by atoms with van der Waals surface area (Å²) in [4.78, 5) is 32.7. The van der Waals surface area contributed by atoms with Crippen molar-refractivity contribution in [2.24, 2.45) is 0 Å². The highest BCUT2D eigenvalue weighted by molar-refractivity contribution is 5.94. The molecule has 7 nitrogen and oxygen atoms in total. The van der Waals surface area contributed by atoms with E-state index in [1.807, 2.05) is 36.4 Å². The smallest absolute Gasteiger partial charge is 0.339 e. The van der Waals surface area contributed by atoms with Crippen LogP contribution in [0.1, 0.15) is 33.3 Å². The van der Waals surface area contributed by atoms with Crippen molar-refractivity contribution < 1.29 is 9.53 Å². The van der Waals surface area contributed by atoms with E-state index < -0.39 is 12.1 Å². The van der Waals surface area contributed by atoms with Gasteiger partial charge in [0, 0.05) is 11.3 Å². The van der Waals surface area contributed by atoms with Crippen LogP contribution in [0.2, 0.25) is 0 Å². The van der Waals surface area contributed by atoms with E-state index in [9.17, 15) is 9.59 Å². The third kappa shape index (κ3) is 1.97. The Morgan fingerprint density at radius 2 is 1.85 bits per heavy atom. The van der Waals surface area contributed by atoms with Gasteiger partial charge < -0.3 is 9.72 Å². The number of carbonyl (C=O) groups excluding carboxylic acids is 1. The van der Waals surface area contributed by atoms with Gasteiger partial charge in [-0.25, -0.2) is 9.78 Å². The standard InChI is InChI=1S/C19H14N4O3/c1-10-15(16-11-6-2-3-7-12(11)18(25)26-16)17(24)23(22-10)19-20-13-8-4-5-9-14(13)21-19/h2-9,16,22H,1H3,(H,20,21)/t16-/m1/s1. The van der Waals surface area contributed by atoms with Crippen LogP contribution < -0.4 is 5.56 Å². The molecular weight excluding hydrogens is 332 g/mol. The van der Waals surface area contributed by atoms with Crippen LogP contribution in [0.3, 0.4) is 0 Å². The molecule has 5 rings (SSSR count). The van der Waals surface area contributed by atoms with Crippen LogP contribution in [0.4, 0.5) is 0 Å². The molecule has 2 N–H and O–H groups in total. The number of aryl methyl sites for hydroxylation is 1. The first-order valence-electron chi connectivity index (χ1n) is 8.20. The maximum Gasteiger partial charge on any atom is 0.339 e. The van der Waals surface area contributed by atoms with Gasteiger partial charge in [-0.3, -0.25) is 9.89 Å². The summed E-state index contributed by atoms with van der Waals surface area (Å²) in [7, 11) is 0. The number of ether oxygens (including phenoxy) is 1. The van der Waals surface area contributed by atoms with Gasteiger partial charge in [-0.1, -0.05) is 30.3 Å².